The summed E-state index contributed by atoms with van der Waals surface area (Å²) in [6.07, 6.45) is 0. The predicted octanol–water partition coefficient (Wildman–Crippen LogP) is 1.17. The van der Waals surface area contributed by atoms with E-state index in [2.05, 4.69) is 17.9 Å². The second-order valence-electron chi connectivity index (χ2n) is 3.91. The van der Waals surface area contributed by atoms with Gasteiger partial charge in [-0.3, -0.25) is 14.4 Å². The monoisotopic (exact) mass is 311 g/mol. The highest BCUT2D eigenvalue weighted by Gasteiger charge is 2.09. The molecule has 0 aromatic carbocycles. The van der Waals surface area contributed by atoms with Gasteiger partial charge < -0.3 is 15.5 Å². The smallest absolute Gasteiger partial charge is 0.307 e. The van der Waals surface area contributed by atoms with Crippen LogP contribution < -0.4 is 5.32 Å². The zero-order chi connectivity index (χ0) is 15.4. The Bertz CT molecular complexity index is 299. The number of carbonyl (C=O) groups is 3. The maximum atomic E-state index is 10.4. The number of carboxylic acids is 2. The number of carboxylic acid groups (broad SMARTS) is 2. The second kappa shape index (κ2) is 12.2. The van der Waals surface area contributed by atoms with Crippen molar-refractivity contribution in [3.8, 4) is 0 Å². The molecule has 0 aromatic rings. The van der Waals surface area contributed by atoms with E-state index in [4.69, 9.17) is 10.2 Å². The van der Waals surface area contributed by atoms with Crippen molar-refractivity contribution in [2.45, 2.75) is 20.8 Å². The predicted molar refractivity (Wildman–Crippen MR) is 78.6 cm³/mol. The van der Waals surface area contributed by atoms with Gasteiger partial charge in [-0.15, -0.1) is 11.8 Å². The van der Waals surface area contributed by atoms with Crippen LogP contribution >= 0.6 is 24.4 Å². The molecule has 112 valence electrons. The highest BCUT2D eigenvalue weighted by molar-refractivity contribution is 7.99. The van der Waals surface area contributed by atoms with Gasteiger partial charge in [-0.25, -0.2) is 0 Å². The van der Waals surface area contributed by atoms with Crippen LogP contribution in [0.4, 0.5) is 0 Å². The minimum atomic E-state index is -0.801. The molecule has 0 bridgehead atoms. The van der Waals surface area contributed by atoms with Crippen LogP contribution in [-0.2, 0) is 14.4 Å². The molecule has 8 heteroatoms. The molecule has 1 amide bonds. The van der Waals surface area contributed by atoms with Crippen molar-refractivity contribution in [3.05, 3.63) is 0 Å². The van der Waals surface area contributed by atoms with Crippen molar-refractivity contribution in [1.82, 2.24) is 5.32 Å². The van der Waals surface area contributed by atoms with Gasteiger partial charge in [0.2, 0.25) is 5.91 Å². The van der Waals surface area contributed by atoms with E-state index < -0.39 is 11.9 Å². The van der Waals surface area contributed by atoms with Crippen LogP contribution in [-0.4, -0.2) is 45.4 Å². The summed E-state index contributed by atoms with van der Waals surface area (Å²) < 4.78 is 0. The van der Waals surface area contributed by atoms with Gasteiger partial charge in [-0.05, 0) is 0 Å². The zero-order valence-corrected chi connectivity index (χ0v) is 13.0. The maximum Gasteiger partial charge on any atom is 0.307 e. The number of amides is 1. The Morgan fingerprint density at radius 1 is 1.16 bits per heavy atom. The molecular weight excluding hydrogens is 290 g/mol. The third kappa shape index (κ3) is 15.1. The number of rotatable bonds is 7. The van der Waals surface area contributed by atoms with Crippen molar-refractivity contribution in [2.75, 3.05) is 17.4 Å². The molecule has 2 atom stereocenters. The van der Waals surface area contributed by atoms with E-state index in [0.717, 1.165) is 0 Å². The summed E-state index contributed by atoms with van der Waals surface area (Å²) in [6, 6.07) is 0. The number of thioether (sulfide) groups is 1. The van der Waals surface area contributed by atoms with Crippen molar-refractivity contribution < 1.29 is 24.6 Å². The molecule has 0 saturated heterocycles. The Balaban J connectivity index is 0. The maximum absolute atomic E-state index is 10.4. The molecule has 0 heterocycles. The first-order chi connectivity index (χ1) is 8.72. The molecule has 0 saturated carbocycles. The van der Waals surface area contributed by atoms with E-state index in [1.807, 2.05) is 0 Å². The van der Waals surface area contributed by atoms with E-state index in [1.54, 1.807) is 13.8 Å². The van der Waals surface area contributed by atoms with Gasteiger partial charge in [0.25, 0.3) is 0 Å². The SMILES string of the molecule is CC(=O)NCSCC(C)C(=O)O.CC(CS)C(=O)O. The van der Waals surface area contributed by atoms with Crippen molar-refractivity contribution >= 4 is 42.2 Å². The van der Waals surface area contributed by atoms with Crippen LogP contribution in [0.5, 0.6) is 0 Å². The van der Waals surface area contributed by atoms with Crippen LogP contribution in [0.2, 0.25) is 0 Å². The molecule has 0 aliphatic carbocycles. The third-order valence-corrected chi connectivity index (χ3v) is 3.54. The Kier molecular flexibility index (Phi) is 13.1. The van der Waals surface area contributed by atoms with Gasteiger partial charge in [-0.2, -0.15) is 12.6 Å². The highest BCUT2D eigenvalue weighted by Crippen LogP contribution is 2.06. The molecule has 0 aliphatic rings. The number of carbonyl (C=O) groups excluding carboxylic acids is 1. The summed E-state index contributed by atoms with van der Waals surface area (Å²) in [4.78, 5) is 30.6. The highest BCUT2D eigenvalue weighted by atomic mass is 32.2. The lowest BCUT2D eigenvalue weighted by atomic mass is 10.2. The van der Waals surface area contributed by atoms with E-state index in [-0.39, 0.29) is 17.7 Å². The van der Waals surface area contributed by atoms with Gasteiger partial charge in [-0.1, -0.05) is 13.8 Å². The van der Waals surface area contributed by atoms with Gasteiger partial charge >= 0.3 is 11.9 Å². The average Bonchev–Trinajstić information content (AvgIpc) is 2.33. The molecule has 0 aromatic heterocycles. The molecule has 3 N–H and O–H groups in total. The van der Waals surface area contributed by atoms with Crippen molar-refractivity contribution in [1.29, 1.82) is 0 Å². The fraction of sp³-hybridized carbons (Fsp3) is 0.727. The number of nitrogens with one attached hydrogen (secondary N) is 1. The summed E-state index contributed by atoms with van der Waals surface area (Å²) in [5.74, 6) is -0.935. The lowest BCUT2D eigenvalue weighted by molar-refractivity contribution is -0.141. The first kappa shape index (κ1) is 20.4. The molecule has 2 unspecified atom stereocenters. The largest absolute Gasteiger partial charge is 0.481 e. The Hall–Kier alpha value is -0.890. The standard InChI is InChI=1S/C7H13NO3S.C4H8O2S/c1-5(7(10)11)3-12-4-8-6(2)9;1-3(2-7)4(5)6/h5H,3-4H2,1-2H3,(H,8,9)(H,10,11);3,7H,2H2,1H3,(H,5,6). The molecule has 0 spiro atoms. The summed E-state index contributed by atoms with van der Waals surface area (Å²) in [7, 11) is 0. The van der Waals surface area contributed by atoms with Crippen molar-refractivity contribution in [3.63, 3.8) is 0 Å². The Morgan fingerprint density at radius 3 is 1.89 bits per heavy atom. The molecule has 6 nitrogen and oxygen atoms in total. The first-order valence-corrected chi connectivity index (χ1v) is 7.39. The van der Waals surface area contributed by atoms with E-state index >= 15 is 0 Å². The Labute approximate surface area is 122 Å². The lowest BCUT2D eigenvalue weighted by Crippen LogP contribution is -2.20. The Morgan fingerprint density at radius 2 is 1.63 bits per heavy atom. The summed E-state index contributed by atoms with van der Waals surface area (Å²) in [5.41, 5.74) is 0. The van der Waals surface area contributed by atoms with Gasteiger partial charge in [0.15, 0.2) is 0 Å². The van der Waals surface area contributed by atoms with Crippen LogP contribution in [0.3, 0.4) is 0 Å². The number of hydrogen-bond donors (Lipinski definition) is 4. The molecule has 0 aliphatic heterocycles. The summed E-state index contributed by atoms with van der Waals surface area (Å²) in [6.45, 7) is 4.69. The normalized spacial score (nSPS) is 12.6. The van der Waals surface area contributed by atoms with E-state index in [1.165, 1.54) is 18.7 Å². The van der Waals surface area contributed by atoms with E-state index in [0.29, 0.717) is 17.4 Å². The minimum Gasteiger partial charge on any atom is -0.481 e. The molecule has 0 fully saturated rings. The average molecular weight is 311 g/mol. The minimum absolute atomic E-state index is 0.0921. The van der Waals surface area contributed by atoms with Gasteiger partial charge in [0.05, 0.1) is 17.7 Å². The topological polar surface area (TPSA) is 104 Å². The van der Waals surface area contributed by atoms with Gasteiger partial charge in [0, 0.05) is 18.4 Å². The van der Waals surface area contributed by atoms with Gasteiger partial charge in [0.1, 0.15) is 0 Å². The van der Waals surface area contributed by atoms with Crippen LogP contribution in [0.1, 0.15) is 20.8 Å². The summed E-state index contributed by atoms with van der Waals surface area (Å²) >= 11 is 5.18. The van der Waals surface area contributed by atoms with Crippen LogP contribution in [0.15, 0.2) is 0 Å². The number of hydrogen-bond acceptors (Lipinski definition) is 5. The quantitative estimate of drug-likeness (QED) is 0.320. The second-order valence-corrected chi connectivity index (χ2v) is 5.30. The van der Waals surface area contributed by atoms with Crippen LogP contribution in [0.25, 0.3) is 0 Å². The summed E-state index contributed by atoms with van der Waals surface area (Å²) in [5, 5.41) is 19.2. The molecule has 19 heavy (non-hydrogen) atoms. The lowest BCUT2D eigenvalue weighted by Gasteiger charge is -2.05. The third-order valence-electron chi connectivity index (χ3n) is 1.91. The van der Waals surface area contributed by atoms with Crippen LogP contribution in [0, 0.1) is 11.8 Å². The molecule has 0 rings (SSSR count). The van der Waals surface area contributed by atoms with Crippen molar-refractivity contribution in [2.24, 2.45) is 11.8 Å². The first-order valence-electron chi connectivity index (χ1n) is 5.61. The number of aliphatic carboxylic acids is 2. The molecular formula is C11H21NO5S2. The molecule has 0 radical (unpaired) electrons. The number of thiol groups is 1. The van der Waals surface area contributed by atoms with E-state index in [9.17, 15) is 14.4 Å². The fourth-order valence-corrected chi connectivity index (χ4v) is 1.61. The fourth-order valence-electron chi connectivity index (χ4n) is 0.538. The zero-order valence-electron chi connectivity index (χ0n) is 11.3.